The van der Waals surface area contributed by atoms with Gasteiger partial charge in [-0.05, 0) is 32.9 Å². The summed E-state index contributed by atoms with van der Waals surface area (Å²) in [7, 11) is 0. The van der Waals surface area contributed by atoms with E-state index in [9.17, 15) is 4.79 Å². The Balaban J connectivity index is 2.01. The van der Waals surface area contributed by atoms with Crippen LogP contribution in [0, 0.1) is 13.8 Å². The Hall–Kier alpha value is -1.55. The number of Topliss-reactive ketones (excluding diaryl/α,β-unsaturated/α-hetero) is 1. The summed E-state index contributed by atoms with van der Waals surface area (Å²) in [4.78, 5) is 12.8. The van der Waals surface area contributed by atoms with Gasteiger partial charge in [0.1, 0.15) is 0 Å². The molecule has 19 heavy (non-hydrogen) atoms. The molecule has 0 aliphatic carbocycles. The van der Waals surface area contributed by atoms with Crippen molar-refractivity contribution in [1.29, 1.82) is 0 Å². The van der Waals surface area contributed by atoms with Crippen molar-refractivity contribution in [2.24, 2.45) is 0 Å². The van der Waals surface area contributed by atoms with Gasteiger partial charge in [-0.25, -0.2) is 0 Å². The van der Waals surface area contributed by atoms with Crippen LogP contribution in [0.5, 0.6) is 0 Å². The molecule has 0 saturated heterocycles. The minimum atomic E-state index is 0.0944. The highest BCUT2D eigenvalue weighted by molar-refractivity contribution is 7.99. The molecular weight excluding hydrogens is 256 g/mol. The van der Waals surface area contributed by atoms with Crippen LogP contribution >= 0.6 is 11.8 Å². The van der Waals surface area contributed by atoms with Gasteiger partial charge in [0.2, 0.25) is 0 Å². The van der Waals surface area contributed by atoms with Gasteiger partial charge in [0.25, 0.3) is 0 Å². The molecule has 0 atom stereocenters. The van der Waals surface area contributed by atoms with E-state index in [4.69, 9.17) is 0 Å². The molecule has 0 radical (unpaired) electrons. The van der Waals surface area contributed by atoms with Gasteiger partial charge in [-0.15, -0.1) is 11.8 Å². The number of benzene rings is 1. The van der Waals surface area contributed by atoms with E-state index in [1.165, 1.54) is 4.90 Å². The van der Waals surface area contributed by atoms with Crippen molar-refractivity contribution >= 4 is 17.5 Å². The minimum absolute atomic E-state index is 0.0944. The second kappa shape index (κ2) is 6.06. The molecule has 0 spiro atoms. The SMILES string of the molecule is CC(=O)c1c(C)nn(CCSc2ccccc2)c1C. The summed E-state index contributed by atoms with van der Waals surface area (Å²) in [5, 5.41) is 4.45. The smallest absolute Gasteiger partial charge is 0.163 e. The molecule has 0 saturated carbocycles. The Bertz CT molecular complexity index is 575. The molecule has 4 heteroatoms. The fourth-order valence-electron chi connectivity index (χ4n) is 2.19. The van der Waals surface area contributed by atoms with Crippen molar-refractivity contribution in [3.63, 3.8) is 0 Å². The molecule has 0 aliphatic heterocycles. The Kier molecular flexibility index (Phi) is 4.43. The van der Waals surface area contributed by atoms with Crippen molar-refractivity contribution in [3.8, 4) is 0 Å². The molecule has 0 unspecified atom stereocenters. The standard InChI is InChI=1S/C15H18N2OS/c1-11-15(13(3)18)12(2)17(16-11)9-10-19-14-7-5-4-6-8-14/h4-8H,9-10H2,1-3H3. The summed E-state index contributed by atoms with van der Waals surface area (Å²) in [5.74, 6) is 1.04. The van der Waals surface area contributed by atoms with E-state index >= 15 is 0 Å². The van der Waals surface area contributed by atoms with Crippen LogP contribution in [-0.2, 0) is 6.54 Å². The van der Waals surface area contributed by atoms with Crippen LogP contribution in [0.2, 0.25) is 0 Å². The van der Waals surface area contributed by atoms with E-state index in [1.807, 2.05) is 36.7 Å². The molecule has 0 N–H and O–H groups in total. The monoisotopic (exact) mass is 274 g/mol. The molecule has 0 aliphatic rings. The van der Waals surface area contributed by atoms with E-state index in [2.05, 4.69) is 17.2 Å². The quantitative estimate of drug-likeness (QED) is 0.618. The molecule has 2 aromatic rings. The highest BCUT2D eigenvalue weighted by Crippen LogP contribution is 2.19. The number of hydrogen-bond acceptors (Lipinski definition) is 3. The summed E-state index contributed by atoms with van der Waals surface area (Å²) in [6, 6.07) is 10.3. The Labute approximate surface area is 118 Å². The highest BCUT2D eigenvalue weighted by Gasteiger charge is 2.14. The Morgan fingerprint density at radius 3 is 2.53 bits per heavy atom. The normalized spacial score (nSPS) is 10.7. The van der Waals surface area contributed by atoms with Crippen molar-refractivity contribution in [3.05, 3.63) is 47.3 Å². The number of thioether (sulfide) groups is 1. The molecule has 1 heterocycles. The number of carbonyl (C=O) groups excluding carboxylic acids is 1. The second-order valence-corrected chi connectivity index (χ2v) is 5.65. The molecule has 1 aromatic carbocycles. The van der Waals surface area contributed by atoms with E-state index in [0.717, 1.165) is 29.2 Å². The van der Waals surface area contributed by atoms with Gasteiger partial charge in [0.05, 0.1) is 17.8 Å². The van der Waals surface area contributed by atoms with Gasteiger partial charge >= 0.3 is 0 Å². The molecule has 2 rings (SSSR count). The van der Waals surface area contributed by atoms with Crippen LogP contribution < -0.4 is 0 Å². The number of nitrogens with zero attached hydrogens (tertiary/aromatic N) is 2. The Morgan fingerprint density at radius 2 is 1.95 bits per heavy atom. The lowest BCUT2D eigenvalue weighted by atomic mass is 10.1. The summed E-state index contributed by atoms with van der Waals surface area (Å²) in [6.07, 6.45) is 0. The lowest BCUT2D eigenvalue weighted by Crippen LogP contribution is -2.05. The van der Waals surface area contributed by atoms with Gasteiger partial charge in [-0.3, -0.25) is 9.48 Å². The van der Waals surface area contributed by atoms with Gasteiger partial charge < -0.3 is 0 Å². The largest absolute Gasteiger partial charge is 0.294 e. The average molecular weight is 274 g/mol. The summed E-state index contributed by atoms with van der Waals surface area (Å²) < 4.78 is 1.93. The van der Waals surface area contributed by atoms with Gasteiger partial charge in [0, 0.05) is 16.3 Å². The van der Waals surface area contributed by atoms with Crippen LogP contribution in [0.3, 0.4) is 0 Å². The number of aryl methyl sites for hydroxylation is 2. The third-order valence-electron chi connectivity index (χ3n) is 3.05. The zero-order valence-corrected chi connectivity index (χ0v) is 12.3. The first-order valence-corrected chi connectivity index (χ1v) is 7.31. The maximum atomic E-state index is 11.5. The molecule has 3 nitrogen and oxygen atoms in total. The minimum Gasteiger partial charge on any atom is -0.294 e. The first-order valence-electron chi connectivity index (χ1n) is 6.32. The van der Waals surface area contributed by atoms with E-state index in [-0.39, 0.29) is 5.78 Å². The number of carbonyl (C=O) groups is 1. The van der Waals surface area contributed by atoms with Crippen LogP contribution in [-0.4, -0.2) is 21.3 Å². The first kappa shape index (κ1) is 13.9. The molecule has 1 aromatic heterocycles. The zero-order chi connectivity index (χ0) is 13.8. The maximum absolute atomic E-state index is 11.5. The molecule has 100 valence electrons. The predicted octanol–water partition coefficient (Wildman–Crippen LogP) is 3.49. The van der Waals surface area contributed by atoms with Gasteiger partial charge in [-0.2, -0.15) is 5.10 Å². The van der Waals surface area contributed by atoms with Crippen molar-refractivity contribution in [2.75, 3.05) is 5.75 Å². The van der Waals surface area contributed by atoms with Gasteiger partial charge in [0.15, 0.2) is 5.78 Å². The topological polar surface area (TPSA) is 34.9 Å². The van der Waals surface area contributed by atoms with E-state index in [1.54, 1.807) is 18.7 Å². The van der Waals surface area contributed by atoms with E-state index < -0.39 is 0 Å². The van der Waals surface area contributed by atoms with Crippen molar-refractivity contribution in [1.82, 2.24) is 9.78 Å². The lowest BCUT2D eigenvalue weighted by molar-refractivity contribution is 0.101. The van der Waals surface area contributed by atoms with Crippen LogP contribution in [0.1, 0.15) is 28.7 Å². The average Bonchev–Trinajstić information content (AvgIpc) is 2.66. The van der Waals surface area contributed by atoms with Crippen LogP contribution in [0.4, 0.5) is 0 Å². The first-order chi connectivity index (χ1) is 9.09. The third kappa shape index (κ3) is 3.26. The number of aromatic nitrogens is 2. The molecule has 0 amide bonds. The van der Waals surface area contributed by atoms with E-state index in [0.29, 0.717) is 0 Å². The van der Waals surface area contributed by atoms with Crippen molar-refractivity contribution in [2.45, 2.75) is 32.2 Å². The van der Waals surface area contributed by atoms with Crippen molar-refractivity contribution < 1.29 is 4.79 Å². The van der Waals surface area contributed by atoms with Crippen LogP contribution in [0.15, 0.2) is 35.2 Å². The molecule has 0 fully saturated rings. The lowest BCUT2D eigenvalue weighted by Gasteiger charge is -2.05. The van der Waals surface area contributed by atoms with Crippen LogP contribution in [0.25, 0.3) is 0 Å². The van der Waals surface area contributed by atoms with Gasteiger partial charge in [-0.1, -0.05) is 18.2 Å². The molecular formula is C15H18N2OS. The third-order valence-corrected chi connectivity index (χ3v) is 4.04. The maximum Gasteiger partial charge on any atom is 0.163 e. The summed E-state index contributed by atoms with van der Waals surface area (Å²) in [5.41, 5.74) is 2.57. The summed E-state index contributed by atoms with van der Waals surface area (Å²) in [6.45, 7) is 6.27. The second-order valence-electron chi connectivity index (χ2n) is 4.49. The predicted molar refractivity (Wildman–Crippen MR) is 78.9 cm³/mol. The fourth-order valence-corrected chi connectivity index (χ4v) is 3.04. The highest BCUT2D eigenvalue weighted by atomic mass is 32.2. The number of ketones is 1. The number of rotatable bonds is 5. The zero-order valence-electron chi connectivity index (χ0n) is 11.5. The summed E-state index contributed by atoms with van der Waals surface area (Å²) >= 11 is 1.80. The fraction of sp³-hybridized carbons (Fsp3) is 0.333. The molecule has 0 bridgehead atoms. The number of hydrogen-bond donors (Lipinski definition) is 0. The Morgan fingerprint density at radius 1 is 1.26 bits per heavy atom.